The van der Waals surface area contributed by atoms with Crippen molar-refractivity contribution in [1.29, 1.82) is 5.41 Å². The van der Waals surface area contributed by atoms with Crippen LogP contribution in [0.25, 0.3) is 0 Å². The second-order valence-corrected chi connectivity index (χ2v) is 5.35. The number of benzene rings is 1. The largest absolute Gasteiger partial charge is 0.303 e. The smallest absolute Gasteiger partial charge is 0.0583 e. The number of likely N-dealkylation sites (tertiary alicyclic amines) is 1. The van der Waals surface area contributed by atoms with Gasteiger partial charge in [0.1, 0.15) is 0 Å². The molecule has 1 fully saturated rings. The molecule has 1 heterocycles. The van der Waals surface area contributed by atoms with E-state index < -0.39 is 0 Å². The lowest BCUT2D eigenvalue weighted by atomic mass is 9.89. The van der Waals surface area contributed by atoms with Crippen molar-refractivity contribution in [3.05, 3.63) is 35.9 Å². The van der Waals surface area contributed by atoms with Gasteiger partial charge in [-0.05, 0) is 45.3 Å². The molecule has 2 heteroatoms. The van der Waals surface area contributed by atoms with E-state index in [-0.39, 0.29) is 5.54 Å². The van der Waals surface area contributed by atoms with Crippen molar-refractivity contribution in [3.63, 3.8) is 0 Å². The van der Waals surface area contributed by atoms with E-state index in [2.05, 4.69) is 18.7 Å². The predicted octanol–water partition coefficient (Wildman–Crippen LogP) is 3.32. The minimum Gasteiger partial charge on any atom is -0.303 e. The Morgan fingerprint density at radius 3 is 2.24 bits per heavy atom. The van der Waals surface area contributed by atoms with E-state index in [4.69, 9.17) is 5.41 Å². The summed E-state index contributed by atoms with van der Waals surface area (Å²) in [4.78, 5) is 2.45. The molecule has 1 aliphatic rings. The number of nitrogens with one attached hydrogen (secondary N) is 1. The Kier molecular flexibility index (Phi) is 3.63. The predicted molar refractivity (Wildman–Crippen MR) is 72.8 cm³/mol. The first-order valence-corrected chi connectivity index (χ1v) is 6.52. The highest BCUT2D eigenvalue weighted by atomic mass is 15.2. The molecule has 2 rings (SSSR count). The van der Waals surface area contributed by atoms with Crippen molar-refractivity contribution in [2.75, 3.05) is 13.1 Å². The molecule has 0 saturated carbocycles. The average molecular weight is 230 g/mol. The summed E-state index contributed by atoms with van der Waals surface area (Å²) >= 11 is 0. The maximum absolute atomic E-state index is 8.43. The van der Waals surface area contributed by atoms with Gasteiger partial charge in [0.05, 0.1) is 11.3 Å². The van der Waals surface area contributed by atoms with E-state index in [0.717, 1.165) is 24.4 Å². The second-order valence-electron chi connectivity index (χ2n) is 5.35. The summed E-state index contributed by atoms with van der Waals surface area (Å²) in [6.07, 6.45) is 3.88. The van der Waals surface area contributed by atoms with Gasteiger partial charge in [0.2, 0.25) is 0 Å². The second kappa shape index (κ2) is 5.01. The maximum atomic E-state index is 8.43. The molecule has 1 saturated heterocycles. The SMILES string of the molecule is CC(C)(C(=N)c1ccccc1)N1CCCCC1. The fourth-order valence-corrected chi connectivity index (χ4v) is 2.57. The van der Waals surface area contributed by atoms with Gasteiger partial charge in [-0.15, -0.1) is 0 Å². The van der Waals surface area contributed by atoms with Crippen LogP contribution in [-0.2, 0) is 0 Å². The first kappa shape index (κ1) is 12.3. The van der Waals surface area contributed by atoms with Crippen LogP contribution in [0.1, 0.15) is 38.7 Å². The van der Waals surface area contributed by atoms with Crippen LogP contribution in [0.3, 0.4) is 0 Å². The van der Waals surface area contributed by atoms with E-state index in [9.17, 15) is 0 Å². The molecule has 1 N–H and O–H groups in total. The molecule has 0 amide bonds. The van der Waals surface area contributed by atoms with Gasteiger partial charge in [0.25, 0.3) is 0 Å². The van der Waals surface area contributed by atoms with E-state index in [1.54, 1.807) is 0 Å². The molecule has 1 aliphatic heterocycles. The molecule has 0 atom stereocenters. The van der Waals surface area contributed by atoms with Crippen LogP contribution in [0, 0.1) is 5.41 Å². The molecule has 17 heavy (non-hydrogen) atoms. The van der Waals surface area contributed by atoms with E-state index in [1.165, 1.54) is 19.3 Å². The van der Waals surface area contributed by atoms with Gasteiger partial charge in [-0.3, -0.25) is 4.90 Å². The normalized spacial score (nSPS) is 18.0. The zero-order valence-corrected chi connectivity index (χ0v) is 10.9. The lowest BCUT2D eigenvalue weighted by molar-refractivity contribution is 0.146. The van der Waals surface area contributed by atoms with Crippen LogP contribution in [0.15, 0.2) is 30.3 Å². The van der Waals surface area contributed by atoms with Crippen LogP contribution in [0.5, 0.6) is 0 Å². The Bertz CT molecular complexity index is 375. The lowest BCUT2D eigenvalue weighted by Gasteiger charge is -2.41. The van der Waals surface area contributed by atoms with E-state index in [1.807, 2.05) is 30.3 Å². The van der Waals surface area contributed by atoms with Crippen LogP contribution in [-0.4, -0.2) is 29.2 Å². The van der Waals surface area contributed by atoms with Crippen LogP contribution < -0.4 is 0 Å². The van der Waals surface area contributed by atoms with Gasteiger partial charge >= 0.3 is 0 Å². The minimum atomic E-state index is -0.151. The van der Waals surface area contributed by atoms with Crippen molar-refractivity contribution in [1.82, 2.24) is 4.90 Å². The minimum absolute atomic E-state index is 0.151. The summed E-state index contributed by atoms with van der Waals surface area (Å²) in [5.74, 6) is 0. The summed E-state index contributed by atoms with van der Waals surface area (Å²) in [5.41, 5.74) is 1.63. The summed E-state index contributed by atoms with van der Waals surface area (Å²) in [6, 6.07) is 10.1. The summed E-state index contributed by atoms with van der Waals surface area (Å²) in [5, 5.41) is 8.43. The zero-order valence-electron chi connectivity index (χ0n) is 10.9. The van der Waals surface area contributed by atoms with Gasteiger partial charge in [0, 0.05) is 0 Å². The molecule has 92 valence electrons. The fraction of sp³-hybridized carbons (Fsp3) is 0.533. The third-order valence-corrected chi connectivity index (χ3v) is 3.82. The Hall–Kier alpha value is -1.15. The van der Waals surface area contributed by atoms with Gasteiger partial charge < -0.3 is 5.41 Å². The maximum Gasteiger partial charge on any atom is 0.0583 e. The van der Waals surface area contributed by atoms with Crippen LogP contribution >= 0.6 is 0 Å². The Morgan fingerprint density at radius 1 is 1.06 bits per heavy atom. The number of nitrogens with zero attached hydrogens (tertiary/aromatic N) is 1. The van der Waals surface area contributed by atoms with Gasteiger partial charge in [-0.1, -0.05) is 36.8 Å². The van der Waals surface area contributed by atoms with Crippen molar-refractivity contribution < 1.29 is 0 Å². The van der Waals surface area contributed by atoms with E-state index in [0.29, 0.717) is 0 Å². The van der Waals surface area contributed by atoms with Crippen molar-refractivity contribution in [3.8, 4) is 0 Å². The van der Waals surface area contributed by atoms with Crippen molar-refractivity contribution in [2.45, 2.75) is 38.6 Å². The highest BCUT2D eigenvalue weighted by Gasteiger charge is 2.32. The fourth-order valence-electron chi connectivity index (χ4n) is 2.57. The topological polar surface area (TPSA) is 27.1 Å². The third kappa shape index (κ3) is 2.58. The molecule has 0 bridgehead atoms. The van der Waals surface area contributed by atoms with Crippen molar-refractivity contribution in [2.24, 2.45) is 0 Å². The Morgan fingerprint density at radius 2 is 1.65 bits per heavy atom. The monoisotopic (exact) mass is 230 g/mol. The molecule has 0 aliphatic carbocycles. The number of piperidine rings is 1. The summed E-state index contributed by atoms with van der Waals surface area (Å²) in [6.45, 7) is 6.60. The highest BCUT2D eigenvalue weighted by Crippen LogP contribution is 2.24. The molecule has 0 unspecified atom stereocenters. The van der Waals surface area contributed by atoms with Gasteiger partial charge in [0.15, 0.2) is 0 Å². The Labute approximate surface area is 104 Å². The van der Waals surface area contributed by atoms with E-state index >= 15 is 0 Å². The highest BCUT2D eigenvalue weighted by molar-refractivity contribution is 6.04. The van der Waals surface area contributed by atoms with Crippen LogP contribution in [0.2, 0.25) is 0 Å². The standard InChI is InChI=1S/C15H22N2/c1-15(2,17-11-7-4-8-12-17)14(16)13-9-5-3-6-10-13/h3,5-6,9-10,16H,4,7-8,11-12H2,1-2H3. The molecule has 2 nitrogen and oxygen atoms in total. The van der Waals surface area contributed by atoms with Gasteiger partial charge in [-0.25, -0.2) is 0 Å². The molecule has 1 aromatic carbocycles. The lowest BCUT2D eigenvalue weighted by Crippen LogP contribution is -2.52. The number of hydrogen-bond donors (Lipinski definition) is 1. The number of rotatable bonds is 3. The van der Waals surface area contributed by atoms with Crippen molar-refractivity contribution >= 4 is 5.71 Å². The summed E-state index contributed by atoms with van der Waals surface area (Å²) in [7, 11) is 0. The molecular formula is C15H22N2. The third-order valence-electron chi connectivity index (χ3n) is 3.82. The molecular weight excluding hydrogens is 208 g/mol. The molecule has 0 aromatic heterocycles. The zero-order chi connectivity index (χ0) is 12.3. The first-order valence-electron chi connectivity index (χ1n) is 6.52. The molecule has 1 aromatic rings. The Balaban J connectivity index is 2.17. The number of hydrogen-bond acceptors (Lipinski definition) is 2. The average Bonchev–Trinajstić information content (AvgIpc) is 2.40. The van der Waals surface area contributed by atoms with Crippen LogP contribution in [0.4, 0.5) is 0 Å². The summed E-state index contributed by atoms with van der Waals surface area (Å²) < 4.78 is 0. The molecule has 0 radical (unpaired) electrons. The first-order chi connectivity index (χ1) is 8.12. The molecule has 0 spiro atoms. The van der Waals surface area contributed by atoms with Gasteiger partial charge in [-0.2, -0.15) is 0 Å². The quantitative estimate of drug-likeness (QED) is 0.792.